The number of anilines is 1. The maximum absolute atomic E-state index is 12.7. The predicted molar refractivity (Wildman–Crippen MR) is 109 cm³/mol. The highest BCUT2D eigenvalue weighted by Gasteiger charge is 2.30. The van der Waals surface area contributed by atoms with Gasteiger partial charge in [0.15, 0.2) is 9.84 Å². The summed E-state index contributed by atoms with van der Waals surface area (Å²) < 4.78 is 23.5. The van der Waals surface area contributed by atoms with Gasteiger partial charge in [0.1, 0.15) is 11.5 Å². The van der Waals surface area contributed by atoms with Gasteiger partial charge in [-0.1, -0.05) is 6.07 Å². The van der Waals surface area contributed by atoms with Crippen molar-refractivity contribution in [2.45, 2.75) is 37.8 Å². The molecule has 1 atom stereocenters. The molecule has 1 unspecified atom stereocenters. The third-order valence-electron chi connectivity index (χ3n) is 4.99. The van der Waals surface area contributed by atoms with Crippen molar-refractivity contribution in [2.75, 3.05) is 18.1 Å². The number of quaternary nitrogens is 1. The maximum Gasteiger partial charge on any atom is 0.256 e. The Balaban J connectivity index is 1.93. The van der Waals surface area contributed by atoms with Crippen LogP contribution in [0.4, 0.5) is 5.00 Å². The van der Waals surface area contributed by atoms with Crippen molar-refractivity contribution in [3.8, 4) is 0 Å². The second-order valence-electron chi connectivity index (χ2n) is 7.32. The molecule has 4 N–H and O–H groups in total. The van der Waals surface area contributed by atoms with Crippen LogP contribution in [0.3, 0.4) is 0 Å². The SMILES string of the molecule is CC(C)[NH+]1CCc2c(sc(NC(=O)c3cccc(S(C)(=O)=O)c3)c2C(N)=O)C1. The van der Waals surface area contributed by atoms with Gasteiger partial charge in [0.25, 0.3) is 11.8 Å². The van der Waals surface area contributed by atoms with Crippen molar-refractivity contribution in [1.29, 1.82) is 0 Å². The average molecular weight is 423 g/mol. The van der Waals surface area contributed by atoms with Gasteiger partial charge in [-0.25, -0.2) is 8.42 Å². The van der Waals surface area contributed by atoms with Gasteiger partial charge >= 0.3 is 0 Å². The zero-order chi connectivity index (χ0) is 20.6. The molecule has 0 saturated carbocycles. The first kappa shape index (κ1) is 20.5. The summed E-state index contributed by atoms with van der Waals surface area (Å²) in [6.45, 7) is 6.00. The number of carbonyl (C=O) groups is 2. The number of rotatable bonds is 5. The largest absolute Gasteiger partial charge is 0.365 e. The molecule has 1 aromatic heterocycles. The van der Waals surface area contributed by atoms with Crippen LogP contribution in [-0.4, -0.2) is 39.1 Å². The first-order valence-electron chi connectivity index (χ1n) is 8.98. The number of amides is 2. The quantitative estimate of drug-likeness (QED) is 0.663. The molecule has 0 saturated heterocycles. The summed E-state index contributed by atoms with van der Waals surface area (Å²) in [5.41, 5.74) is 7.10. The van der Waals surface area contributed by atoms with Gasteiger partial charge in [0.2, 0.25) is 0 Å². The highest BCUT2D eigenvalue weighted by molar-refractivity contribution is 7.90. The minimum Gasteiger partial charge on any atom is -0.365 e. The maximum atomic E-state index is 12.7. The summed E-state index contributed by atoms with van der Waals surface area (Å²) in [7, 11) is -3.42. The van der Waals surface area contributed by atoms with Gasteiger partial charge in [-0.3, -0.25) is 9.59 Å². The molecular formula is C19H24N3O4S2+. The number of primary amides is 1. The fourth-order valence-corrected chi connectivity index (χ4v) is 5.35. The molecule has 1 aliphatic rings. The van der Waals surface area contributed by atoms with Crippen molar-refractivity contribution < 1.29 is 22.9 Å². The fourth-order valence-electron chi connectivity index (χ4n) is 3.38. The van der Waals surface area contributed by atoms with E-state index in [0.717, 1.165) is 36.2 Å². The van der Waals surface area contributed by atoms with Gasteiger partial charge in [-0.05, 0) is 37.6 Å². The number of carbonyl (C=O) groups excluding carboxylic acids is 2. The molecule has 0 radical (unpaired) electrons. The van der Waals surface area contributed by atoms with Crippen molar-refractivity contribution in [3.05, 3.63) is 45.8 Å². The normalized spacial score (nSPS) is 16.6. The highest BCUT2D eigenvalue weighted by atomic mass is 32.2. The summed E-state index contributed by atoms with van der Waals surface area (Å²) in [6.07, 6.45) is 1.82. The number of benzene rings is 1. The average Bonchev–Trinajstić information content (AvgIpc) is 2.98. The number of thiophene rings is 1. The molecule has 1 aromatic carbocycles. The van der Waals surface area contributed by atoms with Crippen LogP contribution < -0.4 is 16.0 Å². The van der Waals surface area contributed by atoms with Crippen LogP contribution in [0.5, 0.6) is 0 Å². The van der Waals surface area contributed by atoms with Crippen molar-refractivity contribution in [2.24, 2.45) is 5.73 Å². The summed E-state index contributed by atoms with van der Waals surface area (Å²) in [5, 5.41) is 3.19. The van der Waals surface area contributed by atoms with E-state index in [9.17, 15) is 18.0 Å². The summed E-state index contributed by atoms with van der Waals surface area (Å²) in [4.78, 5) is 27.3. The Labute approximate surface area is 168 Å². The van der Waals surface area contributed by atoms with Crippen LogP contribution in [0.15, 0.2) is 29.2 Å². The lowest BCUT2D eigenvalue weighted by Gasteiger charge is -2.27. The number of nitrogens with one attached hydrogen (secondary N) is 2. The minimum absolute atomic E-state index is 0.0666. The molecule has 0 spiro atoms. The zero-order valence-corrected chi connectivity index (χ0v) is 17.7. The topological polar surface area (TPSA) is 111 Å². The summed E-state index contributed by atoms with van der Waals surface area (Å²) >= 11 is 1.37. The van der Waals surface area contributed by atoms with E-state index in [-0.39, 0.29) is 10.5 Å². The molecule has 0 bridgehead atoms. The molecular weight excluding hydrogens is 398 g/mol. The van der Waals surface area contributed by atoms with Gasteiger partial charge in [-0.15, -0.1) is 11.3 Å². The van der Waals surface area contributed by atoms with E-state index in [4.69, 9.17) is 5.73 Å². The predicted octanol–water partition coefficient (Wildman–Crippen LogP) is 0.852. The summed E-state index contributed by atoms with van der Waals surface area (Å²) in [6, 6.07) is 6.28. The number of hydrogen-bond acceptors (Lipinski definition) is 5. The number of hydrogen-bond donors (Lipinski definition) is 3. The number of fused-ring (bicyclic) bond motifs is 1. The molecule has 1 aliphatic heterocycles. The molecule has 0 aliphatic carbocycles. The lowest BCUT2D eigenvalue weighted by atomic mass is 10.0. The van der Waals surface area contributed by atoms with Crippen molar-refractivity contribution >= 4 is 38.0 Å². The van der Waals surface area contributed by atoms with Crippen LogP contribution in [-0.2, 0) is 22.8 Å². The fraction of sp³-hybridized carbons (Fsp3) is 0.368. The molecule has 150 valence electrons. The lowest BCUT2D eigenvalue weighted by Crippen LogP contribution is -3.14. The van der Waals surface area contributed by atoms with Crippen LogP contribution >= 0.6 is 11.3 Å². The molecule has 3 rings (SSSR count). The van der Waals surface area contributed by atoms with Crippen LogP contribution in [0.2, 0.25) is 0 Å². The van der Waals surface area contributed by atoms with Crippen molar-refractivity contribution in [1.82, 2.24) is 0 Å². The van der Waals surface area contributed by atoms with Gasteiger partial charge < -0.3 is 16.0 Å². The van der Waals surface area contributed by atoms with E-state index in [0.29, 0.717) is 16.6 Å². The van der Waals surface area contributed by atoms with Gasteiger partial charge in [0, 0.05) is 18.2 Å². The molecule has 2 heterocycles. The van der Waals surface area contributed by atoms with E-state index in [1.807, 2.05) is 0 Å². The standard InChI is InChI=1S/C19H23N3O4S2/c1-11(2)22-8-7-14-15(10-22)27-19(16(14)17(20)23)21-18(24)12-5-4-6-13(9-12)28(3,25)26/h4-6,9,11H,7-8,10H2,1-3H3,(H2,20,23)(H,21,24)/p+1. The van der Waals surface area contributed by atoms with E-state index in [1.54, 1.807) is 0 Å². The molecule has 28 heavy (non-hydrogen) atoms. The third kappa shape index (κ3) is 4.11. The molecule has 9 heteroatoms. The van der Waals surface area contributed by atoms with Crippen molar-refractivity contribution in [3.63, 3.8) is 0 Å². The Kier molecular flexibility index (Phi) is 5.60. The van der Waals surface area contributed by atoms with Crippen LogP contribution in [0, 0.1) is 0 Å². The second-order valence-corrected chi connectivity index (χ2v) is 10.4. The van der Waals surface area contributed by atoms with E-state index in [2.05, 4.69) is 19.2 Å². The second kappa shape index (κ2) is 7.65. The molecule has 2 amide bonds. The monoisotopic (exact) mass is 422 g/mol. The zero-order valence-electron chi connectivity index (χ0n) is 16.0. The van der Waals surface area contributed by atoms with E-state index < -0.39 is 21.7 Å². The molecule has 7 nitrogen and oxygen atoms in total. The first-order valence-corrected chi connectivity index (χ1v) is 11.7. The Bertz CT molecular complexity index is 1040. The van der Waals surface area contributed by atoms with Crippen LogP contribution in [0.25, 0.3) is 0 Å². The van der Waals surface area contributed by atoms with Crippen LogP contribution in [0.1, 0.15) is 45.0 Å². The molecule has 0 fully saturated rings. The van der Waals surface area contributed by atoms with Gasteiger partial charge in [-0.2, -0.15) is 0 Å². The molecule has 2 aromatic rings. The smallest absolute Gasteiger partial charge is 0.256 e. The Morgan fingerprint density at radius 3 is 2.61 bits per heavy atom. The third-order valence-corrected chi connectivity index (χ3v) is 7.25. The van der Waals surface area contributed by atoms with E-state index >= 15 is 0 Å². The highest BCUT2D eigenvalue weighted by Crippen LogP contribution is 2.34. The number of nitrogens with two attached hydrogens (primary N) is 1. The summed E-state index contributed by atoms with van der Waals surface area (Å²) in [5.74, 6) is -1.04. The Morgan fingerprint density at radius 1 is 1.29 bits per heavy atom. The van der Waals surface area contributed by atoms with E-state index in [1.165, 1.54) is 40.5 Å². The Hall–Kier alpha value is -2.23. The minimum atomic E-state index is -3.42. The number of sulfone groups is 1. The lowest BCUT2D eigenvalue weighted by molar-refractivity contribution is -0.936. The Morgan fingerprint density at radius 2 is 2.00 bits per heavy atom. The van der Waals surface area contributed by atoms with Gasteiger partial charge in [0.05, 0.1) is 27.9 Å². The first-order chi connectivity index (χ1) is 13.1.